The molecule has 0 aromatic rings. The molecule has 0 radical (unpaired) electrons. The van der Waals surface area contributed by atoms with Gasteiger partial charge in [0.25, 0.3) is 0 Å². The summed E-state index contributed by atoms with van der Waals surface area (Å²) in [4.78, 5) is 12.8. The first-order chi connectivity index (χ1) is 5.16. The quantitative estimate of drug-likeness (QED) is 0.601. The fourth-order valence-electron chi connectivity index (χ4n) is 2.27. The van der Waals surface area contributed by atoms with Crippen molar-refractivity contribution in [2.24, 2.45) is 5.41 Å². The maximum atomic E-state index is 10.8. The SMILES string of the molecule is CN1CCC2(CC2)[C@H]1C(=O)O. The number of hydrogen-bond acceptors (Lipinski definition) is 2. The number of hydrogen-bond donors (Lipinski definition) is 1. The van der Waals surface area contributed by atoms with E-state index in [4.69, 9.17) is 5.11 Å². The molecule has 2 fully saturated rings. The van der Waals surface area contributed by atoms with Gasteiger partial charge in [0.15, 0.2) is 0 Å². The molecular formula is C8H13NO2. The van der Waals surface area contributed by atoms with Crippen LogP contribution in [0, 0.1) is 5.41 Å². The van der Waals surface area contributed by atoms with Crippen LogP contribution in [0.15, 0.2) is 0 Å². The van der Waals surface area contributed by atoms with E-state index in [9.17, 15) is 4.79 Å². The molecule has 1 aliphatic carbocycles. The number of carbonyl (C=O) groups is 1. The molecule has 1 N–H and O–H groups in total. The molecule has 0 bridgehead atoms. The Morgan fingerprint density at radius 2 is 2.18 bits per heavy atom. The average Bonchev–Trinajstić information content (AvgIpc) is 2.56. The molecule has 1 saturated carbocycles. The number of carboxylic acid groups (broad SMARTS) is 1. The first-order valence-corrected chi connectivity index (χ1v) is 4.09. The van der Waals surface area contributed by atoms with Crippen LogP contribution in [-0.2, 0) is 4.79 Å². The van der Waals surface area contributed by atoms with Gasteiger partial charge in [-0.15, -0.1) is 0 Å². The number of nitrogens with zero attached hydrogens (tertiary/aromatic N) is 1. The van der Waals surface area contributed by atoms with Crippen LogP contribution in [0.3, 0.4) is 0 Å². The second-order valence-corrected chi connectivity index (χ2v) is 3.83. The Morgan fingerprint density at radius 3 is 2.55 bits per heavy atom. The molecule has 11 heavy (non-hydrogen) atoms. The van der Waals surface area contributed by atoms with Gasteiger partial charge in [-0.3, -0.25) is 9.69 Å². The summed E-state index contributed by atoms with van der Waals surface area (Å²) in [6.07, 6.45) is 3.32. The van der Waals surface area contributed by atoms with E-state index in [1.807, 2.05) is 11.9 Å². The third-order valence-corrected chi connectivity index (χ3v) is 3.11. The van der Waals surface area contributed by atoms with Crippen molar-refractivity contribution in [1.29, 1.82) is 0 Å². The van der Waals surface area contributed by atoms with E-state index < -0.39 is 5.97 Å². The fraction of sp³-hybridized carbons (Fsp3) is 0.875. The summed E-state index contributed by atoms with van der Waals surface area (Å²) in [6, 6.07) is -0.192. The van der Waals surface area contributed by atoms with E-state index in [1.54, 1.807) is 0 Å². The second kappa shape index (κ2) is 1.97. The van der Waals surface area contributed by atoms with Crippen molar-refractivity contribution in [2.45, 2.75) is 25.3 Å². The van der Waals surface area contributed by atoms with Crippen LogP contribution in [0.4, 0.5) is 0 Å². The number of likely N-dealkylation sites (N-methyl/N-ethyl adjacent to an activating group) is 1. The highest BCUT2D eigenvalue weighted by atomic mass is 16.4. The van der Waals surface area contributed by atoms with Gasteiger partial charge in [0.2, 0.25) is 0 Å². The molecule has 2 aliphatic rings. The molecule has 3 nitrogen and oxygen atoms in total. The lowest BCUT2D eigenvalue weighted by molar-refractivity contribution is -0.143. The molecule has 1 saturated heterocycles. The molecule has 0 aromatic carbocycles. The first kappa shape index (κ1) is 7.10. The number of carboxylic acids is 1. The molecule has 0 amide bonds. The fourth-order valence-corrected chi connectivity index (χ4v) is 2.27. The van der Waals surface area contributed by atoms with Gasteiger partial charge in [0.05, 0.1) is 0 Å². The van der Waals surface area contributed by atoms with Crippen molar-refractivity contribution in [3.8, 4) is 0 Å². The van der Waals surface area contributed by atoms with E-state index >= 15 is 0 Å². The Balaban J connectivity index is 2.20. The van der Waals surface area contributed by atoms with Gasteiger partial charge in [-0.2, -0.15) is 0 Å². The maximum Gasteiger partial charge on any atom is 0.321 e. The number of likely N-dealkylation sites (tertiary alicyclic amines) is 1. The molecular weight excluding hydrogens is 142 g/mol. The van der Waals surface area contributed by atoms with Gasteiger partial charge >= 0.3 is 5.97 Å². The van der Waals surface area contributed by atoms with Crippen LogP contribution >= 0.6 is 0 Å². The van der Waals surface area contributed by atoms with Gasteiger partial charge in [-0.05, 0) is 38.3 Å². The van der Waals surface area contributed by atoms with Crippen molar-refractivity contribution in [3.63, 3.8) is 0 Å². The smallest absolute Gasteiger partial charge is 0.321 e. The zero-order valence-electron chi connectivity index (χ0n) is 6.71. The Labute approximate surface area is 66.0 Å². The van der Waals surface area contributed by atoms with Crippen molar-refractivity contribution >= 4 is 5.97 Å². The topological polar surface area (TPSA) is 40.5 Å². The van der Waals surface area contributed by atoms with E-state index in [0.717, 1.165) is 25.8 Å². The van der Waals surface area contributed by atoms with Gasteiger partial charge in [0.1, 0.15) is 6.04 Å². The maximum absolute atomic E-state index is 10.8. The first-order valence-electron chi connectivity index (χ1n) is 4.09. The Bertz CT molecular complexity index is 198. The van der Waals surface area contributed by atoms with Crippen molar-refractivity contribution < 1.29 is 9.90 Å². The summed E-state index contributed by atoms with van der Waals surface area (Å²) >= 11 is 0. The standard InChI is InChI=1S/C8H13NO2/c1-9-5-4-8(2-3-8)6(9)7(10)11/h6H,2-5H2,1H3,(H,10,11)/t6-/m1/s1. The third kappa shape index (κ3) is 0.872. The lowest BCUT2D eigenvalue weighted by Crippen LogP contribution is -2.37. The summed E-state index contributed by atoms with van der Waals surface area (Å²) in [7, 11) is 1.91. The van der Waals surface area contributed by atoms with Crippen molar-refractivity contribution in [3.05, 3.63) is 0 Å². The van der Waals surface area contributed by atoms with Gasteiger partial charge in [-0.25, -0.2) is 0 Å². The van der Waals surface area contributed by atoms with Gasteiger partial charge < -0.3 is 5.11 Å². The molecule has 3 heteroatoms. The minimum Gasteiger partial charge on any atom is -0.480 e. The second-order valence-electron chi connectivity index (χ2n) is 3.83. The van der Waals surface area contributed by atoms with Crippen LogP contribution in [0.2, 0.25) is 0 Å². The van der Waals surface area contributed by atoms with Crippen molar-refractivity contribution in [1.82, 2.24) is 4.90 Å². The molecule has 0 aromatic heterocycles. The van der Waals surface area contributed by atoms with Crippen LogP contribution in [0.5, 0.6) is 0 Å². The minimum atomic E-state index is -0.637. The largest absolute Gasteiger partial charge is 0.480 e. The van der Waals surface area contributed by atoms with E-state index in [2.05, 4.69) is 0 Å². The number of rotatable bonds is 1. The van der Waals surface area contributed by atoms with Crippen LogP contribution in [0.1, 0.15) is 19.3 Å². The summed E-state index contributed by atoms with van der Waals surface area (Å²) in [5.74, 6) is -0.637. The summed E-state index contributed by atoms with van der Waals surface area (Å²) < 4.78 is 0. The molecule has 2 rings (SSSR count). The van der Waals surface area contributed by atoms with Crippen molar-refractivity contribution in [2.75, 3.05) is 13.6 Å². The third-order valence-electron chi connectivity index (χ3n) is 3.11. The summed E-state index contributed by atoms with van der Waals surface area (Å²) in [6.45, 7) is 0.955. The molecule has 1 spiro atoms. The van der Waals surface area contributed by atoms with Gasteiger partial charge in [-0.1, -0.05) is 0 Å². The molecule has 1 heterocycles. The Kier molecular flexibility index (Phi) is 1.27. The van der Waals surface area contributed by atoms with E-state index in [0.29, 0.717) is 0 Å². The molecule has 62 valence electrons. The van der Waals surface area contributed by atoms with Crippen LogP contribution in [-0.4, -0.2) is 35.6 Å². The molecule has 0 unspecified atom stereocenters. The predicted octanol–water partition coefficient (Wildman–Crippen LogP) is 0.555. The minimum absolute atomic E-state index is 0.181. The lowest BCUT2D eigenvalue weighted by atomic mass is 9.97. The van der Waals surface area contributed by atoms with Crippen LogP contribution < -0.4 is 0 Å². The molecule has 1 aliphatic heterocycles. The zero-order valence-corrected chi connectivity index (χ0v) is 6.71. The summed E-state index contributed by atoms with van der Waals surface area (Å²) in [5, 5.41) is 8.92. The highest BCUT2D eigenvalue weighted by Crippen LogP contribution is 2.56. The zero-order chi connectivity index (χ0) is 8.06. The van der Waals surface area contributed by atoms with E-state index in [1.165, 1.54) is 0 Å². The highest BCUT2D eigenvalue weighted by molar-refractivity contribution is 5.75. The normalized spacial score (nSPS) is 34.5. The van der Waals surface area contributed by atoms with E-state index in [-0.39, 0.29) is 11.5 Å². The average molecular weight is 155 g/mol. The summed E-state index contributed by atoms with van der Waals surface area (Å²) in [5.41, 5.74) is 0.181. The Hall–Kier alpha value is -0.570. The van der Waals surface area contributed by atoms with Gasteiger partial charge in [0, 0.05) is 0 Å². The predicted molar refractivity (Wildman–Crippen MR) is 40.3 cm³/mol. The monoisotopic (exact) mass is 155 g/mol. The number of aliphatic carboxylic acids is 1. The van der Waals surface area contributed by atoms with Crippen LogP contribution in [0.25, 0.3) is 0 Å². The molecule has 1 atom stereocenters. The lowest BCUT2D eigenvalue weighted by Gasteiger charge is -2.19. The Morgan fingerprint density at radius 1 is 1.55 bits per heavy atom. The highest BCUT2D eigenvalue weighted by Gasteiger charge is 2.57.